The molecule has 1 aromatic carbocycles. The molecular weight excluding hydrogens is 380 g/mol. The van der Waals surface area contributed by atoms with Gasteiger partial charge in [-0.2, -0.15) is 13.0 Å². The summed E-state index contributed by atoms with van der Waals surface area (Å²) in [7, 11) is -3.73. The molecule has 0 spiro atoms. The molecule has 2 unspecified atom stereocenters. The third kappa shape index (κ3) is 2.85. The zero-order chi connectivity index (χ0) is 18.5. The van der Waals surface area contributed by atoms with Crippen LogP contribution in [0.15, 0.2) is 31.8 Å². The second-order valence-corrected chi connectivity index (χ2v) is 8.84. The summed E-state index contributed by atoms with van der Waals surface area (Å²) in [5.41, 5.74) is 0.900. The molecule has 4 rings (SSSR count). The Balaban J connectivity index is 1.45. The third-order valence-corrected chi connectivity index (χ3v) is 7.31. The summed E-state index contributed by atoms with van der Waals surface area (Å²) in [6, 6.07) is 4.86. The van der Waals surface area contributed by atoms with Crippen LogP contribution in [-0.2, 0) is 31.0 Å². The Bertz CT molecular complexity index is 962. The van der Waals surface area contributed by atoms with E-state index in [0.717, 1.165) is 11.4 Å². The van der Waals surface area contributed by atoms with Gasteiger partial charge in [-0.3, -0.25) is 9.59 Å². The number of sulfonamides is 1. The van der Waals surface area contributed by atoms with Crippen LogP contribution >= 0.6 is 0 Å². The van der Waals surface area contributed by atoms with Crippen LogP contribution in [0.5, 0.6) is 0 Å². The van der Waals surface area contributed by atoms with Crippen molar-refractivity contribution in [2.75, 3.05) is 26.2 Å². The number of benzene rings is 1. The average Bonchev–Trinajstić information content (AvgIpc) is 3.30. The molecule has 2 fully saturated rings. The maximum atomic E-state index is 12.9. The molecule has 0 radical (unpaired) electrons. The van der Waals surface area contributed by atoms with Gasteiger partial charge < -0.3 is 10.0 Å². The number of carboxylic acids is 1. The minimum Gasteiger partial charge on any atom is -0.481 e. The molecule has 9 nitrogen and oxygen atoms in total. The molecule has 1 saturated heterocycles. The lowest BCUT2D eigenvalue weighted by Gasteiger charge is -2.34. The molecule has 0 aromatic heterocycles. The molecule has 1 saturated carbocycles. The highest BCUT2D eigenvalue weighted by Crippen LogP contribution is 2.41. The van der Waals surface area contributed by atoms with Crippen molar-refractivity contribution in [2.45, 2.75) is 11.3 Å². The Morgan fingerprint density at radius 2 is 1.85 bits per heavy atom. The van der Waals surface area contributed by atoms with E-state index in [0.29, 0.717) is 17.8 Å². The standard InChI is InChI=1S/C15H16N4O5S2/c20-14(9-8-10(9)15(21)22)18-4-6-19(7-5-18)26(23,24)12-3-1-2-11-13(12)17-25-16-11/h1-3,9-10H,4-8H2,(H,21,22). The topological polar surface area (TPSA) is 120 Å². The Kier molecular flexibility index (Phi) is 4.16. The molecule has 2 atom stereocenters. The van der Waals surface area contributed by atoms with Crippen molar-refractivity contribution in [3.05, 3.63) is 18.2 Å². The Hall–Kier alpha value is -2.11. The minimum atomic E-state index is -3.73. The molecule has 2 heterocycles. The van der Waals surface area contributed by atoms with Gasteiger partial charge >= 0.3 is 5.97 Å². The maximum Gasteiger partial charge on any atom is 0.307 e. The molecule has 138 valence electrons. The van der Waals surface area contributed by atoms with Crippen LogP contribution in [0, 0.1) is 11.8 Å². The summed E-state index contributed by atoms with van der Waals surface area (Å²) < 4.78 is 35.4. The summed E-state index contributed by atoms with van der Waals surface area (Å²) >= 11 is 0.963. The minimum absolute atomic E-state index is 0.122. The number of rotatable bonds is 4. The summed E-state index contributed by atoms with van der Waals surface area (Å²) in [4.78, 5) is 24.9. The van der Waals surface area contributed by atoms with Crippen molar-refractivity contribution in [3.8, 4) is 0 Å². The van der Waals surface area contributed by atoms with Gasteiger partial charge in [0.15, 0.2) is 0 Å². The van der Waals surface area contributed by atoms with Gasteiger partial charge in [0, 0.05) is 26.2 Å². The molecule has 26 heavy (non-hydrogen) atoms. The number of nitrogens with zero attached hydrogens (tertiary/aromatic N) is 4. The van der Waals surface area contributed by atoms with Crippen LogP contribution < -0.4 is 0 Å². The predicted molar refractivity (Wildman–Crippen MR) is 92.6 cm³/mol. The average molecular weight is 396 g/mol. The van der Waals surface area contributed by atoms with E-state index in [2.05, 4.69) is 8.73 Å². The summed E-state index contributed by atoms with van der Waals surface area (Å²) in [5, 5.41) is 8.95. The van der Waals surface area contributed by atoms with Crippen LogP contribution in [0.3, 0.4) is 0 Å². The largest absolute Gasteiger partial charge is 0.481 e. The highest BCUT2D eigenvalue weighted by Gasteiger charge is 2.50. The fourth-order valence-corrected chi connectivity index (χ4v) is 5.43. The number of hydrogen-bond donors (Lipinski definition) is 1. The number of carbonyl (C=O) groups excluding carboxylic acids is 1. The first kappa shape index (κ1) is 17.3. The summed E-state index contributed by atoms with van der Waals surface area (Å²) in [6.45, 7) is 0.858. The van der Waals surface area contributed by atoms with E-state index in [1.165, 1.54) is 10.4 Å². The number of carboxylic acid groups (broad SMARTS) is 1. The quantitative estimate of drug-likeness (QED) is 0.826. The van der Waals surface area contributed by atoms with E-state index >= 15 is 0 Å². The number of carbonyl (C=O) groups is 2. The van der Waals surface area contributed by atoms with Gasteiger partial charge in [0.05, 0.1) is 23.2 Å². The molecule has 2 aliphatic heterocycles. The molecule has 3 aliphatic rings. The van der Waals surface area contributed by atoms with Crippen LogP contribution in [0.1, 0.15) is 6.42 Å². The number of fused-ring (bicyclic) bond motifs is 1. The molecule has 1 N–H and O–H groups in total. The fourth-order valence-electron chi connectivity index (χ4n) is 3.25. The third-order valence-electron chi connectivity index (χ3n) is 4.84. The lowest BCUT2D eigenvalue weighted by molar-refractivity contribution is -0.142. The zero-order valence-electron chi connectivity index (χ0n) is 13.6. The van der Waals surface area contributed by atoms with E-state index in [-0.39, 0.29) is 37.0 Å². The summed E-state index contributed by atoms with van der Waals surface area (Å²) in [6.07, 6.45) is 0.367. The first-order chi connectivity index (χ1) is 12.4. The van der Waals surface area contributed by atoms with E-state index in [9.17, 15) is 18.0 Å². The van der Waals surface area contributed by atoms with E-state index in [4.69, 9.17) is 5.11 Å². The predicted octanol–water partition coefficient (Wildman–Crippen LogP) is 0.967. The van der Waals surface area contributed by atoms with Crippen molar-refractivity contribution in [1.82, 2.24) is 9.21 Å². The highest BCUT2D eigenvalue weighted by atomic mass is 32.2. The van der Waals surface area contributed by atoms with Crippen LogP contribution in [-0.4, -0.2) is 60.8 Å². The van der Waals surface area contributed by atoms with Gasteiger partial charge in [0.25, 0.3) is 0 Å². The van der Waals surface area contributed by atoms with Crippen molar-refractivity contribution >= 4 is 44.6 Å². The molecule has 1 aromatic rings. The van der Waals surface area contributed by atoms with Crippen LogP contribution in [0.4, 0.5) is 11.4 Å². The number of hydrogen-bond acceptors (Lipinski definition) is 6. The zero-order valence-corrected chi connectivity index (χ0v) is 15.2. The normalized spacial score (nSPS) is 24.8. The van der Waals surface area contributed by atoms with Crippen molar-refractivity contribution in [1.29, 1.82) is 0 Å². The van der Waals surface area contributed by atoms with Gasteiger partial charge in [-0.25, -0.2) is 8.42 Å². The van der Waals surface area contributed by atoms with E-state index in [1.54, 1.807) is 17.0 Å². The first-order valence-corrected chi connectivity index (χ1v) is 10.3. The molecule has 0 bridgehead atoms. The van der Waals surface area contributed by atoms with Crippen LogP contribution in [0.25, 0.3) is 0 Å². The van der Waals surface area contributed by atoms with E-state index in [1.807, 2.05) is 0 Å². The highest BCUT2D eigenvalue weighted by molar-refractivity contribution is 7.89. The SMILES string of the molecule is O=C(O)C1CC1C(=O)N1CCN(S(=O)(=O)c2cccc3c2N=S=N3)CC1. The number of aliphatic carboxylic acids is 1. The summed E-state index contributed by atoms with van der Waals surface area (Å²) in [5.74, 6) is -2.21. The molecule has 1 amide bonds. The maximum absolute atomic E-state index is 12.9. The number of amides is 1. The molecule has 11 heteroatoms. The smallest absolute Gasteiger partial charge is 0.307 e. The Labute approximate surface area is 153 Å². The van der Waals surface area contributed by atoms with E-state index < -0.39 is 27.8 Å². The Morgan fingerprint density at radius 1 is 1.12 bits per heavy atom. The molecular formula is C15H16N4O5S2. The van der Waals surface area contributed by atoms with Crippen molar-refractivity contribution in [3.63, 3.8) is 0 Å². The van der Waals surface area contributed by atoms with Gasteiger partial charge in [-0.1, -0.05) is 6.07 Å². The van der Waals surface area contributed by atoms with Crippen molar-refractivity contribution < 1.29 is 23.1 Å². The fraction of sp³-hybridized carbons (Fsp3) is 0.467. The van der Waals surface area contributed by atoms with Crippen LogP contribution in [0.2, 0.25) is 0 Å². The first-order valence-electron chi connectivity index (χ1n) is 8.12. The monoisotopic (exact) mass is 396 g/mol. The van der Waals surface area contributed by atoms with Gasteiger partial charge in [0.2, 0.25) is 15.9 Å². The molecule has 1 aliphatic carbocycles. The van der Waals surface area contributed by atoms with Crippen molar-refractivity contribution in [2.24, 2.45) is 20.6 Å². The second-order valence-electron chi connectivity index (χ2n) is 6.40. The Morgan fingerprint density at radius 3 is 2.50 bits per heavy atom. The number of piperazine rings is 1. The second kappa shape index (κ2) is 6.25. The lowest BCUT2D eigenvalue weighted by atomic mass is 10.2. The van der Waals surface area contributed by atoms with Gasteiger partial charge in [-0.05, 0) is 18.6 Å². The lowest BCUT2D eigenvalue weighted by Crippen LogP contribution is -2.51. The van der Waals surface area contributed by atoms with Gasteiger partial charge in [-0.15, -0.1) is 0 Å². The van der Waals surface area contributed by atoms with Gasteiger partial charge in [0.1, 0.15) is 16.3 Å².